The van der Waals surface area contributed by atoms with Crippen LogP contribution < -0.4 is 0 Å². The van der Waals surface area contributed by atoms with Crippen LogP contribution in [0.2, 0.25) is 169 Å². The Kier molecular flexibility index (Phi) is 25.0. The Labute approximate surface area is 399 Å². The van der Waals surface area contributed by atoms with Gasteiger partial charge in [-0.1, -0.05) is 26.3 Å². The van der Waals surface area contributed by atoms with Gasteiger partial charge in [0, 0.05) is 12.2 Å². The van der Waals surface area contributed by atoms with E-state index in [2.05, 4.69) is 171 Å². The molecule has 0 saturated heterocycles. The third-order valence-corrected chi connectivity index (χ3v) is 55.3. The fourth-order valence-corrected chi connectivity index (χ4v) is 70.3. The van der Waals surface area contributed by atoms with Crippen LogP contribution in [-0.4, -0.2) is 128 Å². The fourth-order valence-electron chi connectivity index (χ4n) is 8.59. The summed E-state index contributed by atoms with van der Waals surface area (Å²) in [6.07, 6.45) is 3.20. The van der Waals surface area contributed by atoms with E-state index in [-0.39, 0.29) is 6.61 Å². The first kappa shape index (κ1) is 64.3. The van der Waals surface area contributed by atoms with Crippen molar-refractivity contribution in [3.63, 3.8) is 0 Å². The lowest BCUT2D eigenvalue weighted by atomic mass is 10.4. The van der Waals surface area contributed by atoms with Gasteiger partial charge in [0.2, 0.25) is 0 Å². The van der Waals surface area contributed by atoms with Crippen molar-refractivity contribution < 1.29 is 59.5 Å². The molecule has 63 heavy (non-hydrogen) atoms. The van der Waals surface area contributed by atoms with E-state index in [4.69, 9.17) is 54.7 Å². The van der Waals surface area contributed by atoms with Crippen molar-refractivity contribution in [3.05, 3.63) is 12.2 Å². The van der Waals surface area contributed by atoms with Gasteiger partial charge in [0.15, 0.2) is 16.6 Å². The molecule has 0 saturated carbocycles. The van der Waals surface area contributed by atoms with Crippen LogP contribution in [0.3, 0.4) is 0 Å². The number of hydrogen-bond acceptors (Lipinski definition) is 14. The van der Waals surface area contributed by atoms with Gasteiger partial charge in [-0.2, -0.15) is 0 Å². The van der Waals surface area contributed by atoms with Crippen molar-refractivity contribution >= 4 is 108 Å². The topological polar surface area (TPSA) is 137 Å². The summed E-state index contributed by atoms with van der Waals surface area (Å²) < 4.78 is 85.8. The second-order valence-electron chi connectivity index (χ2n) is 22.4. The maximum absolute atomic E-state index is 11.5. The summed E-state index contributed by atoms with van der Waals surface area (Å²) in [6, 6.07) is 2.05. The fraction of sp³-hybridized carbons (Fsp3) is 0.919. The van der Waals surface area contributed by atoms with Crippen molar-refractivity contribution in [1.82, 2.24) is 0 Å². The predicted molar refractivity (Wildman–Crippen MR) is 287 cm³/mol. The van der Waals surface area contributed by atoms with Gasteiger partial charge in [-0.3, -0.25) is 0 Å². The lowest BCUT2D eigenvalue weighted by Gasteiger charge is -2.45. The quantitative estimate of drug-likeness (QED) is 0.0267. The minimum absolute atomic E-state index is 0.215. The minimum atomic E-state index is -2.77. The van der Waals surface area contributed by atoms with E-state index in [1.165, 1.54) is 12.8 Å². The average molecular weight is 1100 g/mol. The zero-order valence-corrected chi connectivity index (χ0v) is 57.1. The average Bonchev–Trinajstić information content (AvgIpc) is 2.91. The molecule has 0 aromatic carbocycles. The molecule has 0 aliphatic carbocycles. The third kappa shape index (κ3) is 31.2. The van der Waals surface area contributed by atoms with Crippen LogP contribution >= 0.6 is 0 Å². The standard InChI is InChI=1S/C37H96O14Si12/c1-28-29-34-52(4,5)41-54(8,9)43-56(12,13)45-58(16,17)47-60(20,21)49-62(24,25)51-63(26,27)50-61(22,23)48-59(18,19)46-57(14,15)44-55(10,11)42-53(6,7)35-30-31-39-32-33-40-37(38)36(2)3/h2,28-35H2,1,3-27H3. The molecule has 0 atom stereocenters. The molecule has 376 valence electrons. The number of esters is 1. The van der Waals surface area contributed by atoms with Crippen molar-refractivity contribution in [3.8, 4) is 0 Å². The Morgan fingerprint density at radius 3 is 0.841 bits per heavy atom. The van der Waals surface area contributed by atoms with Crippen molar-refractivity contribution in [1.29, 1.82) is 0 Å². The van der Waals surface area contributed by atoms with Crippen molar-refractivity contribution in [2.45, 2.75) is 202 Å². The summed E-state index contributed by atoms with van der Waals surface area (Å²) >= 11 is 0. The van der Waals surface area contributed by atoms with Gasteiger partial charge >= 0.3 is 91.6 Å². The van der Waals surface area contributed by atoms with Gasteiger partial charge in [0.05, 0.1) is 6.61 Å². The van der Waals surface area contributed by atoms with Crippen LogP contribution in [0.25, 0.3) is 0 Å². The largest absolute Gasteiger partial charge is 0.460 e. The normalized spacial score (nSPS) is 15.0. The maximum atomic E-state index is 11.5. The molecule has 0 amide bonds. The number of rotatable bonds is 33. The smallest absolute Gasteiger partial charge is 0.333 e. The van der Waals surface area contributed by atoms with E-state index in [9.17, 15) is 4.79 Å². The highest BCUT2D eigenvalue weighted by molar-refractivity contribution is 6.94. The number of carbonyl (C=O) groups is 1. The molecule has 0 aliphatic rings. The van der Waals surface area contributed by atoms with Gasteiger partial charge in [0.1, 0.15) is 6.61 Å². The predicted octanol–water partition coefficient (Wildman–Crippen LogP) is 11.9. The zero-order valence-electron chi connectivity index (χ0n) is 45.1. The Morgan fingerprint density at radius 1 is 0.365 bits per heavy atom. The van der Waals surface area contributed by atoms with Crippen LogP contribution in [0.4, 0.5) is 0 Å². The Bertz CT molecular complexity index is 1440. The summed E-state index contributed by atoms with van der Waals surface area (Å²) in [5.74, 6) is -0.397. The molecule has 0 N–H and O–H groups in total. The molecule has 0 radical (unpaired) electrons. The molecule has 26 heteroatoms. The molecular weight excluding hydrogens is 1010 g/mol. The highest BCUT2D eigenvalue weighted by Gasteiger charge is 2.51. The van der Waals surface area contributed by atoms with Gasteiger partial charge in [-0.05, 0) is 183 Å². The first-order chi connectivity index (χ1) is 27.7. The molecule has 0 aliphatic heterocycles. The summed E-state index contributed by atoms with van der Waals surface area (Å²) in [4.78, 5) is 11.5. The minimum Gasteiger partial charge on any atom is -0.460 e. The van der Waals surface area contributed by atoms with Crippen LogP contribution in [0.5, 0.6) is 0 Å². The molecule has 0 rings (SSSR count). The van der Waals surface area contributed by atoms with Gasteiger partial charge in [-0.15, -0.1) is 0 Å². The van der Waals surface area contributed by atoms with E-state index < -0.39 is 108 Å². The van der Waals surface area contributed by atoms with Crippen LogP contribution in [-0.2, 0) is 59.5 Å². The van der Waals surface area contributed by atoms with Crippen molar-refractivity contribution in [2.75, 3.05) is 19.8 Å². The second-order valence-corrected chi connectivity index (χ2v) is 67.4. The first-order valence-electron chi connectivity index (χ1n) is 22.8. The van der Waals surface area contributed by atoms with Crippen LogP contribution in [0, 0.1) is 0 Å². The lowest BCUT2D eigenvalue weighted by Crippen LogP contribution is -2.62. The Hall–Kier alpha value is 1.33. The molecule has 0 fully saturated rings. The summed E-state index contributed by atoms with van der Waals surface area (Å²) in [5.41, 5.74) is 0.381. The number of ether oxygens (including phenoxy) is 2. The molecular formula is C37H96O14Si12. The Morgan fingerprint density at radius 2 is 0.603 bits per heavy atom. The SMILES string of the molecule is C=C(C)C(=O)OCCOCCC[Si](C)(C)O[Si](C)(C)O[Si](C)(C)O[Si](C)(C)O[Si](C)(C)O[Si](C)(C)O[Si](C)(C)O[Si](C)(C)O[Si](C)(C)O[Si](C)(C)O[Si](C)(C)O[Si](C)(C)CCCC. The van der Waals surface area contributed by atoms with E-state index in [0.29, 0.717) is 18.8 Å². The zero-order chi connectivity index (χ0) is 50.0. The third-order valence-electron chi connectivity index (χ3n) is 8.48. The van der Waals surface area contributed by atoms with E-state index >= 15 is 0 Å². The monoisotopic (exact) mass is 1100 g/mol. The number of hydrogen-bond donors (Lipinski definition) is 0. The maximum Gasteiger partial charge on any atom is 0.333 e. The molecule has 0 bridgehead atoms. The summed E-state index contributed by atoms with van der Waals surface area (Å²) in [5, 5.41) is 0. The van der Waals surface area contributed by atoms with Crippen LogP contribution in [0.15, 0.2) is 12.2 Å². The summed E-state index contributed by atoms with van der Waals surface area (Å²) in [7, 11) is -30.7. The highest BCUT2D eigenvalue weighted by atomic mass is 28.5. The number of carbonyl (C=O) groups excluding carboxylic acids is 1. The summed E-state index contributed by atoms with van der Waals surface area (Å²) in [6.45, 7) is 59.3. The van der Waals surface area contributed by atoms with E-state index in [1.807, 2.05) is 0 Å². The van der Waals surface area contributed by atoms with Crippen molar-refractivity contribution in [2.24, 2.45) is 0 Å². The number of unbranched alkanes of at least 4 members (excludes halogenated alkanes) is 1. The van der Waals surface area contributed by atoms with E-state index in [1.54, 1.807) is 6.92 Å². The van der Waals surface area contributed by atoms with E-state index in [0.717, 1.165) is 18.5 Å². The lowest BCUT2D eigenvalue weighted by molar-refractivity contribution is -0.140. The molecule has 0 unspecified atom stereocenters. The van der Waals surface area contributed by atoms with Gasteiger partial charge in [0.25, 0.3) is 0 Å². The molecule has 0 aromatic rings. The molecule has 0 spiro atoms. The molecule has 0 heterocycles. The van der Waals surface area contributed by atoms with Gasteiger partial charge < -0.3 is 54.7 Å². The molecule has 14 nitrogen and oxygen atoms in total. The first-order valence-corrected chi connectivity index (χ1v) is 57.2. The van der Waals surface area contributed by atoms with Gasteiger partial charge in [-0.25, -0.2) is 4.79 Å². The van der Waals surface area contributed by atoms with Crippen LogP contribution in [0.1, 0.15) is 33.1 Å². The second kappa shape index (κ2) is 24.4. The Balaban J connectivity index is 5.43. The molecule has 0 aromatic heterocycles. The highest BCUT2D eigenvalue weighted by Crippen LogP contribution is 2.32.